The third-order valence-corrected chi connectivity index (χ3v) is 3.27. The van der Waals surface area contributed by atoms with E-state index in [4.69, 9.17) is 0 Å². The summed E-state index contributed by atoms with van der Waals surface area (Å²) in [5.41, 5.74) is 1.71. The van der Waals surface area contributed by atoms with Gasteiger partial charge >= 0.3 is 0 Å². The van der Waals surface area contributed by atoms with E-state index in [2.05, 4.69) is 25.5 Å². The Bertz CT molecular complexity index is 847. The summed E-state index contributed by atoms with van der Waals surface area (Å²) < 4.78 is 25.5. The molecule has 2 heterocycles. The summed E-state index contributed by atoms with van der Waals surface area (Å²) in [6.45, 7) is 1.46. The molecular formula is C16H13F2N5O. The lowest BCUT2D eigenvalue weighted by molar-refractivity contribution is 0.102. The lowest BCUT2D eigenvalue weighted by Crippen LogP contribution is -2.15. The van der Waals surface area contributed by atoms with Gasteiger partial charge in [0.15, 0.2) is 0 Å². The summed E-state index contributed by atoms with van der Waals surface area (Å²) in [6, 6.07) is 9.83. The van der Waals surface area contributed by atoms with Crippen molar-refractivity contribution in [3.8, 4) is 11.3 Å². The highest BCUT2D eigenvalue weighted by molar-refractivity contribution is 6.03. The Balaban J connectivity index is 1.77. The van der Waals surface area contributed by atoms with Gasteiger partial charge in [0.1, 0.15) is 17.2 Å². The number of nitrogens with one attached hydrogen (secondary N) is 2. The molecular weight excluding hydrogens is 316 g/mol. The summed E-state index contributed by atoms with van der Waals surface area (Å²) in [4.78, 5) is 19.7. The molecule has 1 amide bonds. The lowest BCUT2D eigenvalue weighted by Gasteiger charge is -2.07. The highest BCUT2D eigenvalue weighted by Crippen LogP contribution is 2.20. The van der Waals surface area contributed by atoms with Crippen molar-refractivity contribution in [2.75, 3.05) is 5.32 Å². The average molecular weight is 329 g/mol. The Labute approximate surface area is 136 Å². The third-order valence-electron chi connectivity index (χ3n) is 3.27. The van der Waals surface area contributed by atoms with Crippen molar-refractivity contribution in [1.29, 1.82) is 0 Å². The molecule has 0 saturated heterocycles. The van der Waals surface area contributed by atoms with Gasteiger partial charge in [-0.05, 0) is 36.8 Å². The van der Waals surface area contributed by atoms with Crippen LogP contribution in [-0.4, -0.2) is 26.1 Å². The van der Waals surface area contributed by atoms with Crippen molar-refractivity contribution in [3.05, 3.63) is 59.8 Å². The molecule has 2 N–H and O–H groups in total. The van der Waals surface area contributed by atoms with Crippen LogP contribution in [0.25, 0.3) is 11.3 Å². The SMILES string of the molecule is Cc1nc(C(=O)Nc2ccc(-c3ccn[nH]3)cc2)cc(C(F)F)n1. The minimum absolute atomic E-state index is 0.101. The van der Waals surface area contributed by atoms with E-state index < -0.39 is 18.0 Å². The molecule has 0 aliphatic heterocycles. The minimum Gasteiger partial charge on any atom is -0.321 e. The van der Waals surface area contributed by atoms with Crippen LogP contribution >= 0.6 is 0 Å². The second-order valence-corrected chi connectivity index (χ2v) is 5.03. The van der Waals surface area contributed by atoms with Crippen LogP contribution in [0.2, 0.25) is 0 Å². The van der Waals surface area contributed by atoms with E-state index in [0.29, 0.717) is 5.69 Å². The van der Waals surface area contributed by atoms with Crippen molar-refractivity contribution in [1.82, 2.24) is 20.2 Å². The largest absolute Gasteiger partial charge is 0.321 e. The molecule has 122 valence electrons. The summed E-state index contributed by atoms with van der Waals surface area (Å²) >= 11 is 0. The molecule has 0 fully saturated rings. The van der Waals surface area contributed by atoms with Gasteiger partial charge in [-0.15, -0.1) is 0 Å². The molecule has 0 saturated carbocycles. The van der Waals surface area contributed by atoms with E-state index in [-0.39, 0.29) is 11.5 Å². The number of carbonyl (C=O) groups is 1. The van der Waals surface area contributed by atoms with E-state index in [9.17, 15) is 13.6 Å². The molecule has 6 nitrogen and oxygen atoms in total. The molecule has 2 aromatic heterocycles. The molecule has 0 bridgehead atoms. The number of benzene rings is 1. The highest BCUT2D eigenvalue weighted by Gasteiger charge is 2.16. The highest BCUT2D eigenvalue weighted by atomic mass is 19.3. The number of nitrogens with zero attached hydrogens (tertiary/aromatic N) is 3. The Morgan fingerprint density at radius 3 is 2.54 bits per heavy atom. The van der Waals surface area contributed by atoms with Crippen LogP contribution in [-0.2, 0) is 0 Å². The van der Waals surface area contributed by atoms with Gasteiger partial charge in [-0.3, -0.25) is 9.89 Å². The number of aromatic amines is 1. The molecule has 3 aromatic rings. The molecule has 24 heavy (non-hydrogen) atoms. The van der Waals surface area contributed by atoms with Crippen molar-refractivity contribution >= 4 is 11.6 Å². The molecule has 0 spiro atoms. The number of anilines is 1. The molecule has 0 unspecified atom stereocenters. The number of amides is 1. The molecule has 0 radical (unpaired) electrons. The van der Waals surface area contributed by atoms with E-state index in [1.54, 1.807) is 30.5 Å². The monoisotopic (exact) mass is 329 g/mol. The number of alkyl halides is 2. The number of aromatic nitrogens is 4. The van der Waals surface area contributed by atoms with E-state index in [1.165, 1.54) is 6.92 Å². The van der Waals surface area contributed by atoms with Crippen LogP contribution in [0.3, 0.4) is 0 Å². The fourth-order valence-electron chi connectivity index (χ4n) is 2.16. The van der Waals surface area contributed by atoms with Crippen LogP contribution in [0, 0.1) is 6.92 Å². The van der Waals surface area contributed by atoms with Gasteiger partial charge < -0.3 is 5.32 Å². The van der Waals surface area contributed by atoms with Crippen molar-refractivity contribution < 1.29 is 13.6 Å². The number of aryl methyl sites for hydroxylation is 1. The first-order valence-corrected chi connectivity index (χ1v) is 7.08. The van der Waals surface area contributed by atoms with E-state index in [0.717, 1.165) is 17.3 Å². The van der Waals surface area contributed by atoms with Gasteiger partial charge in [0, 0.05) is 11.9 Å². The quantitative estimate of drug-likeness (QED) is 0.769. The molecule has 8 heteroatoms. The minimum atomic E-state index is -2.76. The Morgan fingerprint density at radius 2 is 1.92 bits per heavy atom. The van der Waals surface area contributed by atoms with Crippen molar-refractivity contribution in [3.63, 3.8) is 0 Å². The first-order chi connectivity index (χ1) is 11.5. The first-order valence-electron chi connectivity index (χ1n) is 7.08. The summed E-state index contributed by atoms with van der Waals surface area (Å²) in [5, 5.41) is 9.33. The molecule has 3 rings (SSSR count). The van der Waals surface area contributed by atoms with Crippen LogP contribution in [0.15, 0.2) is 42.6 Å². The molecule has 1 aromatic carbocycles. The standard InChI is InChI=1S/C16H13F2N5O/c1-9-20-13(15(17)18)8-14(21-9)16(24)22-11-4-2-10(3-5-11)12-6-7-19-23-12/h2-8,15H,1H3,(H,19,23)(H,22,24). The number of rotatable bonds is 4. The Hall–Kier alpha value is -3.16. The predicted molar refractivity (Wildman–Crippen MR) is 83.7 cm³/mol. The fourth-order valence-corrected chi connectivity index (χ4v) is 2.16. The van der Waals surface area contributed by atoms with E-state index >= 15 is 0 Å². The van der Waals surface area contributed by atoms with Gasteiger partial charge in [-0.25, -0.2) is 18.7 Å². The van der Waals surface area contributed by atoms with Crippen molar-refractivity contribution in [2.24, 2.45) is 0 Å². The fraction of sp³-hybridized carbons (Fsp3) is 0.125. The molecule has 0 atom stereocenters. The van der Waals surface area contributed by atoms with Crippen molar-refractivity contribution in [2.45, 2.75) is 13.3 Å². The third kappa shape index (κ3) is 3.43. The Kier molecular flexibility index (Phi) is 4.28. The average Bonchev–Trinajstić information content (AvgIpc) is 3.09. The van der Waals surface area contributed by atoms with Crippen LogP contribution in [0.5, 0.6) is 0 Å². The molecule has 0 aliphatic rings. The van der Waals surface area contributed by atoms with Crippen LogP contribution in [0.4, 0.5) is 14.5 Å². The summed E-state index contributed by atoms with van der Waals surface area (Å²) in [6.07, 6.45) is -1.12. The first kappa shape index (κ1) is 15.7. The number of hydrogen-bond acceptors (Lipinski definition) is 4. The Morgan fingerprint density at radius 1 is 1.17 bits per heavy atom. The number of carbonyl (C=O) groups excluding carboxylic acids is 1. The molecule has 0 aliphatic carbocycles. The topological polar surface area (TPSA) is 83.6 Å². The smallest absolute Gasteiger partial charge is 0.280 e. The van der Waals surface area contributed by atoms with Crippen LogP contribution < -0.4 is 5.32 Å². The summed E-state index contributed by atoms with van der Waals surface area (Å²) in [5.74, 6) is -0.454. The van der Waals surface area contributed by atoms with E-state index in [1.807, 2.05) is 6.07 Å². The maximum absolute atomic E-state index is 12.8. The lowest BCUT2D eigenvalue weighted by atomic mass is 10.1. The summed E-state index contributed by atoms with van der Waals surface area (Å²) in [7, 11) is 0. The van der Waals surface area contributed by atoms with Gasteiger partial charge in [-0.2, -0.15) is 5.10 Å². The number of halogens is 2. The zero-order valence-corrected chi connectivity index (χ0v) is 12.6. The van der Waals surface area contributed by atoms with Gasteiger partial charge in [0.2, 0.25) is 0 Å². The maximum atomic E-state index is 12.8. The van der Waals surface area contributed by atoms with Gasteiger partial charge in [0.25, 0.3) is 12.3 Å². The van der Waals surface area contributed by atoms with Gasteiger partial charge in [0.05, 0.1) is 5.69 Å². The maximum Gasteiger partial charge on any atom is 0.280 e. The number of H-pyrrole nitrogens is 1. The normalized spacial score (nSPS) is 10.8. The second kappa shape index (κ2) is 6.53. The predicted octanol–water partition coefficient (Wildman–Crippen LogP) is 3.37. The van der Waals surface area contributed by atoms with Crippen LogP contribution in [0.1, 0.15) is 28.4 Å². The zero-order valence-electron chi connectivity index (χ0n) is 12.6. The second-order valence-electron chi connectivity index (χ2n) is 5.03. The van der Waals surface area contributed by atoms with Gasteiger partial charge in [-0.1, -0.05) is 12.1 Å². The zero-order chi connectivity index (χ0) is 17.1. The number of hydrogen-bond donors (Lipinski definition) is 2.